The molecule has 0 radical (unpaired) electrons. The molecule has 1 fully saturated rings. The van der Waals surface area contributed by atoms with Gasteiger partial charge in [-0.15, -0.1) is 0 Å². The summed E-state index contributed by atoms with van der Waals surface area (Å²) in [6, 6.07) is 5.64. The van der Waals surface area contributed by atoms with Crippen LogP contribution in [-0.2, 0) is 6.54 Å². The Morgan fingerprint density at radius 2 is 1.95 bits per heavy atom. The van der Waals surface area contributed by atoms with Crippen LogP contribution in [0.4, 0.5) is 5.82 Å². The van der Waals surface area contributed by atoms with Crippen molar-refractivity contribution in [1.82, 2.24) is 10.3 Å². The molecule has 0 aliphatic carbocycles. The molecule has 3 heteroatoms. The molecule has 1 aromatic heterocycles. The van der Waals surface area contributed by atoms with E-state index in [0.29, 0.717) is 18.0 Å². The minimum Gasteiger partial charge on any atom is -0.354 e. The van der Waals surface area contributed by atoms with E-state index in [1.54, 1.807) is 0 Å². The molecule has 2 heterocycles. The summed E-state index contributed by atoms with van der Waals surface area (Å²) in [6.07, 6.45) is 1.27. The van der Waals surface area contributed by atoms with E-state index in [1.165, 1.54) is 23.5 Å². The lowest BCUT2D eigenvalue weighted by atomic mass is 10.1. The highest BCUT2D eigenvalue weighted by Crippen LogP contribution is 2.29. The number of anilines is 1. The van der Waals surface area contributed by atoms with Crippen LogP contribution in [0.25, 0.3) is 0 Å². The predicted octanol–water partition coefficient (Wildman–Crippen LogP) is 3.94. The van der Waals surface area contributed by atoms with Crippen molar-refractivity contribution in [1.29, 1.82) is 0 Å². The average molecular weight is 289 g/mol. The largest absolute Gasteiger partial charge is 0.354 e. The first-order chi connectivity index (χ1) is 9.86. The zero-order valence-corrected chi connectivity index (χ0v) is 14.5. The third-order valence-electron chi connectivity index (χ3n) is 4.28. The predicted molar refractivity (Wildman–Crippen MR) is 90.9 cm³/mol. The van der Waals surface area contributed by atoms with Gasteiger partial charge in [0.15, 0.2) is 0 Å². The SMILES string of the molecule is CC1CC(C)N(c2cc(CNC(C)C)cc(C(C)C)n2)C1. The molecule has 0 bridgehead atoms. The van der Waals surface area contributed by atoms with E-state index in [-0.39, 0.29) is 0 Å². The van der Waals surface area contributed by atoms with Crippen LogP contribution in [0.5, 0.6) is 0 Å². The summed E-state index contributed by atoms with van der Waals surface area (Å²) in [5.74, 6) is 2.40. The van der Waals surface area contributed by atoms with Gasteiger partial charge in [-0.1, -0.05) is 34.6 Å². The lowest BCUT2D eigenvalue weighted by molar-refractivity contribution is 0.587. The molecule has 118 valence electrons. The van der Waals surface area contributed by atoms with Gasteiger partial charge in [0, 0.05) is 30.9 Å². The van der Waals surface area contributed by atoms with Crippen molar-refractivity contribution in [3.05, 3.63) is 23.4 Å². The summed E-state index contributed by atoms with van der Waals surface area (Å²) in [4.78, 5) is 7.41. The molecule has 1 aromatic rings. The van der Waals surface area contributed by atoms with E-state index in [0.717, 1.165) is 19.0 Å². The van der Waals surface area contributed by atoms with Crippen LogP contribution in [0.15, 0.2) is 12.1 Å². The van der Waals surface area contributed by atoms with Crippen molar-refractivity contribution in [2.45, 2.75) is 72.5 Å². The van der Waals surface area contributed by atoms with Gasteiger partial charge in [0.1, 0.15) is 5.82 Å². The Hall–Kier alpha value is -1.09. The number of nitrogens with zero attached hydrogens (tertiary/aromatic N) is 2. The van der Waals surface area contributed by atoms with E-state index >= 15 is 0 Å². The summed E-state index contributed by atoms with van der Waals surface area (Å²) >= 11 is 0. The van der Waals surface area contributed by atoms with Crippen LogP contribution in [0, 0.1) is 5.92 Å². The minimum atomic E-state index is 0.470. The van der Waals surface area contributed by atoms with Crippen LogP contribution in [0.3, 0.4) is 0 Å². The molecular weight excluding hydrogens is 258 g/mol. The van der Waals surface area contributed by atoms with E-state index in [4.69, 9.17) is 4.98 Å². The van der Waals surface area contributed by atoms with Crippen LogP contribution >= 0.6 is 0 Å². The van der Waals surface area contributed by atoms with Crippen molar-refractivity contribution < 1.29 is 0 Å². The number of nitrogens with one attached hydrogen (secondary N) is 1. The number of rotatable bonds is 5. The molecule has 2 unspecified atom stereocenters. The Bertz CT molecular complexity index is 468. The molecule has 0 amide bonds. The average Bonchev–Trinajstić information content (AvgIpc) is 2.75. The molecule has 2 atom stereocenters. The second-order valence-corrected chi connectivity index (χ2v) is 7.29. The monoisotopic (exact) mass is 289 g/mol. The van der Waals surface area contributed by atoms with Gasteiger partial charge < -0.3 is 10.2 Å². The molecule has 3 nitrogen and oxygen atoms in total. The molecule has 1 N–H and O–H groups in total. The maximum atomic E-state index is 4.93. The Labute approximate surface area is 130 Å². The topological polar surface area (TPSA) is 28.2 Å². The molecular formula is C18H31N3. The number of hydrogen-bond acceptors (Lipinski definition) is 3. The molecule has 0 spiro atoms. The summed E-state index contributed by atoms with van der Waals surface area (Å²) in [5.41, 5.74) is 2.56. The van der Waals surface area contributed by atoms with Gasteiger partial charge in [-0.05, 0) is 42.9 Å². The number of pyridine rings is 1. The van der Waals surface area contributed by atoms with Gasteiger partial charge in [-0.2, -0.15) is 0 Å². The maximum Gasteiger partial charge on any atom is 0.129 e. The minimum absolute atomic E-state index is 0.470. The summed E-state index contributed by atoms with van der Waals surface area (Å²) in [5, 5.41) is 3.52. The lowest BCUT2D eigenvalue weighted by Gasteiger charge is -2.25. The van der Waals surface area contributed by atoms with Crippen molar-refractivity contribution in [3.63, 3.8) is 0 Å². The normalized spacial score (nSPS) is 22.6. The van der Waals surface area contributed by atoms with Gasteiger partial charge >= 0.3 is 0 Å². The maximum absolute atomic E-state index is 4.93. The van der Waals surface area contributed by atoms with Crippen LogP contribution < -0.4 is 10.2 Å². The summed E-state index contributed by atoms with van der Waals surface area (Å²) in [6.45, 7) is 15.5. The van der Waals surface area contributed by atoms with Crippen LogP contribution in [0.2, 0.25) is 0 Å². The van der Waals surface area contributed by atoms with Crippen molar-refractivity contribution in [3.8, 4) is 0 Å². The molecule has 1 aliphatic rings. The molecule has 1 saturated heterocycles. The van der Waals surface area contributed by atoms with Gasteiger partial charge in [0.25, 0.3) is 0 Å². The van der Waals surface area contributed by atoms with Crippen molar-refractivity contribution in [2.75, 3.05) is 11.4 Å². The Morgan fingerprint density at radius 1 is 1.24 bits per heavy atom. The van der Waals surface area contributed by atoms with E-state index in [1.807, 2.05) is 0 Å². The first-order valence-electron chi connectivity index (χ1n) is 8.37. The second kappa shape index (κ2) is 6.78. The molecule has 0 aromatic carbocycles. The van der Waals surface area contributed by atoms with E-state index in [9.17, 15) is 0 Å². The summed E-state index contributed by atoms with van der Waals surface area (Å²) in [7, 11) is 0. The lowest BCUT2D eigenvalue weighted by Crippen LogP contribution is -2.28. The molecule has 2 rings (SSSR count). The zero-order valence-electron chi connectivity index (χ0n) is 14.5. The van der Waals surface area contributed by atoms with E-state index < -0.39 is 0 Å². The number of hydrogen-bond donors (Lipinski definition) is 1. The molecule has 21 heavy (non-hydrogen) atoms. The fourth-order valence-electron chi connectivity index (χ4n) is 3.08. The standard InChI is InChI=1S/C18H31N3/c1-12(2)17-8-16(10-19-13(3)4)9-18(20-17)21-11-14(5)7-15(21)6/h8-9,12-15,19H,7,10-11H2,1-6H3. The third-order valence-corrected chi connectivity index (χ3v) is 4.28. The fraction of sp³-hybridized carbons (Fsp3) is 0.722. The quantitative estimate of drug-likeness (QED) is 0.890. The van der Waals surface area contributed by atoms with Gasteiger partial charge in [0.2, 0.25) is 0 Å². The smallest absolute Gasteiger partial charge is 0.129 e. The molecule has 1 aliphatic heterocycles. The first-order valence-corrected chi connectivity index (χ1v) is 8.37. The molecule has 0 saturated carbocycles. The van der Waals surface area contributed by atoms with Gasteiger partial charge in [-0.3, -0.25) is 0 Å². The highest BCUT2D eigenvalue weighted by Gasteiger charge is 2.27. The highest BCUT2D eigenvalue weighted by molar-refractivity contribution is 5.45. The van der Waals surface area contributed by atoms with Gasteiger partial charge in [0.05, 0.1) is 0 Å². The Balaban J connectivity index is 2.27. The van der Waals surface area contributed by atoms with Crippen LogP contribution in [-0.4, -0.2) is 23.6 Å². The Kier molecular flexibility index (Phi) is 5.26. The first kappa shape index (κ1) is 16.3. The highest BCUT2D eigenvalue weighted by atomic mass is 15.2. The van der Waals surface area contributed by atoms with E-state index in [2.05, 4.69) is 63.9 Å². The van der Waals surface area contributed by atoms with Crippen molar-refractivity contribution >= 4 is 5.82 Å². The third kappa shape index (κ3) is 4.19. The number of aromatic nitrogens is 1. The fourth-order valence-corrected chi connectivity index (χ4v) is 3.08. The zero-order chi connectivity index (χ0) is 15.6. The van der Waals surface area contributed by atoms with Crippen molar-refractivity contribution in [2.24, 2.45) is 5.92 Å². The van der Waals surface area contributed by atoms with Gasteiger partial charge in [-0.25, -0.2) is 4.98 Å². The summed E-state index contributed by atoms with van der Waals surface area (Å²) < 4.78 is 0. The van der Waals surface area contributed by atoms with Crippen LogP contribution in [0.1, 0.15) is 65.1 Å². The Morgan fingerprint density at radius 3 is 2.48 bits per heavy atom. The second-order valence-electron chi connectivity index (χ2n) is 7.29.